The number of anilines is 1. The molecule has 12 nitrogen and oxygen atoms in total. The summed E-state index contributed by atoms with van der Waals surface area (Å²) in [6, 6.07) is 9.99. The number of halogens is 1. The van der Waals surface area contributed by atoms with E-state index in [1.807, 2.05) is 23.6 Å². The van der Waals surface area contributed by atoms with Crippen molar-refractivity contribution in [2.24, 2.45) is 10.8 Å². The highest BCUT2D eigenvalue weighted by molar-refractivity contribution is 5.93. The number of nitrogens with two attached hydrogens (primary N) is 1. The number of carbonyl (C=O) groups is 1. The van der Waals surface area contributed by atoms with Gasteiger partial charge in [-0.1, -0.05) is 0 Å². The number of carbonyl (C=O) groups excluding carboxylic acids is 1. The normalized spacial score (nSPS) is 11.3. The predicted molar refractivity (Wildman–Crippen MR) is 138 cm³/mol. The summed E-state index contributed by atoms with van der Waals surface area (Å²) in [5.41, 5.74) is 6.34. The zero-order valence-electron chi connectivity index (χ0n) is 20.6. The molecule has 4 N–H and O–H groups in total. The van der Waals surface area contributed by atoms with Crippen LogP contribution in [0.2, 0.25) is 0 Å². The maximum Gasteiger partial charge on any atom is 0.340 e. The number of nitrogens with zero attached hydrogens (tertiary/aromatic N) is 7. The van der Waals surface area contributed by atoms with Crippen LogP contribution >= 0.6 is 0 Å². The van der Waals surface area contributed by atoms with Gasteiger partial charge in [-0.25, -0.2) is 9.18 Å². The van der Waals surface area contributed by atoms with Crippen LogP contribution in [0.25, 0.3) is 11.5 Å². The van der Waals surface area contributed by atoms with E-state index in [4.69, 9.17) is 10.5 Å². The Bertz CT molecular complexity index is 1470. The van der Waals surface area contributed by atoms with Crippen molar-refractivity contribution >= 4 is 17.9 Å². The molecule has 4 aromatic rings. The van der Waals surface area contributed by atoms with E-state index in [0.717, 1.165) is 17.6 Å². The van der Waals surface area contributed by atoms with Gasteiger partial charge in [-0.2, -0.15) is 10.1 Å². The zero-order valence-corrected chi connectivity index (χ0v) is 20.6. The number of hydrogen-bond donors (Lipinski definition) is 3. The van der Waals surface area contributed by atoms with E-state index < -0.39 is 11.8 Å². The Labute approximate surface area is 217 Å². The number of pyridine rings is 1. The van der Waals surface area contributed by atoms with Gasteiger partial charge in [-0.3, -0.25) is 4.98 Å². The molecule has 0 aliphatic carbocycles. The van der Waals surface area contributed by atoms with E-state index in [1.54, 1.807) is 18.5 Å². The monoisotopic (exact) mass is 520 g/mol. The number of phenols is 2. The molecule has 13 heteroatoms. The number of rotatable bonds is 9. The highest BCUT2D eigenvalue weighted by Crippen LogP contribution is 2.30. The number of phenolic OH excluding ortho intramolecular Hbond substituents is 2. The van der Waals surface area contributed by atoms with Gasteiger partial charge in [0.05, 0.1) is 11.9 Å². The minimum absolute atomic E-state index is 0.0472. The molecule has 0 atom stereocenters. The number of primary amides is 1. The molecule has 0 unspecified atom stereocenters. The summed E-state index contributed by atoms with van der Waals surface area (Å²) in [5, 5.41) is 31.9. The molecule has 2 amide bonds. The summed E-state index contributed by atoms with van der Waals surface area (Å²) in [6.45, 7) is 1.44. The molecular weight excluding hydrogens is 495 g/mol. The first-order chi connectivity index (χ1) is 18.2. The molecule has 4 rings (SSSR count). The Balaban J connectivity index is 1.53. The molecule has 0 radical (unpaired) electrons. The molecule has 2 heterocycles. The van der Waals surface area contributed by atoms with Crippen molar-refractivity contribution in [2.45, 2.75) is 6.54 Å². The fourth-order valence-corrected chi connectivity index (χ4v) is 3.35. The quantitative estimate of drug-likeness (QED) is 0.173. The predicted octanol–water partition coefficient (Wildman–Crippen LogP) is 3.16. The van der Waals surface area contributed by atoms with Crippen LogP contribution in [0.4, 0.5) is 14.9 Å². The van der Waals surface area contributed by atoms with E-state index in [2.05, 4.69) is 20.3 Å². The van der Waals surface area contributed by atoms with Gasteiger partial charge in [0.1, 0.15) is 17.8 Å². The minimum Gasteiger partial charge on any atom is -0.504 e. The van der Waals surface area contributed by atoms with Crippen molar-refractivity contribution in [3.8, 4) is 34.5 Å². The Morgan fingerprint density at radius 1 is 1.16 bits per heavy atom. The first kappa shape index (κ1) is 26.0. The molecule has 0 aliphatic heterocycles. The summed E-state index contributed by atoms with van der Waals surface area (Å²) < 4.78 is 22.6. The van der Waals surface area contributed by atoms with Gasteiger partial charge in [0, 0.05) is 31.4 Å². The zero-order chi connectivity index (χ0) is 27.2. The van der Waals surface area contributed by atoms with Gasteiger partial charge < -0.3 is 30.2 Å². The lowest BCUT2D eigenvalue weighted by atomic mass is 10.2. The van der Waals surface area contributed by atoms with Gasteiger partial charge in [-0.05, 0) is 56.1 Å². The van der Waals surface area contributed by atoms with Crippen molar-refractivity contribution in [3.05, 3.63) is 72.4 Å². The second-order valence-electron chi connectivity index (χ2n) is 8.39. The molecule has 38 heavy (non-hydrogen) atoms. The maximum absolute atomic E-state index is 15.0. The van der Waals surface area contributed by atoms with Crippen LogP contribution in [0.15, 0.2) is 66.2 Å². The second-order valence-corrected chi connectivity index (χ2v) is 8.39. The lowest BCUT2D eigenvalue weighted by Crippen LogP contribution is -2.31. The van der Waals surface area contributed by atoms with Crippen molar-refractivity contribution < 1.29 is 24.1 Å². The molecule has 0 aliphatic rings. The van der Waals surface area contributed by atoms with Crippen LogP contribution in [-0.2, 0) is 6.54 Å². The molecule has 0 saturated carbocycles. The number of urea groups is 1. The third-order valence-electron chi connectivity index (χ3n) is 5.28. The number of likely N-dealkylation sites (N-methyl/N-ethyl adjacent to an activating group) is 1. The van der Waals surface area contributed by atoms with Crippen molar-refractivity contribution in [1.29, 1.82) is 0 Å². The largest absolute Gasteiger partial charge is 0.504 e. The average Bonchev–Trinajstić information content (AvgIpc) is 3.35. The van der Waals surface area contributed by atoms with Gasteiger partial charge in [0.15, 0.2) is 28.9 Å². The molecular formula is C25H25FN8O4. The smallest absolute Gasteiger partial charge is 0.340 e. The number of aromatic hydroxyl groups is 2. The fraction of sp³-hybridized carbons (Fsp3) is 0.160. The average molecular weight is 521 g/mol. The van der Waals surface area contributed by atoms with E-state index >= 15 is 0 Å². The molecule has 0 bridgehead atoms. The first-order valence-electron chi connectivity index (χ1n) is 11.3. The summed E-state index contributed by atoms with van der Waals surface area (Å²) in [5.74, 6) is -0.666. The Morgan fingerprint density at radius 3 is 2.68 bits per heavy atom. The van der Waals surface area contributed by atoms with Crippen LogP contribution in [0.1, 0.15) is 5.56 Å². The van der Waals surface area contributed by atoms with Crippen LogP contribution in [0.3, 0.4) is 0 Å². The van der Waals surface area contributed by atoms with Crippen LogP contribution in [-0.4, -0.2) is 67.7 Å². The standard InChI is InChI=1S/C25H25FN8O4/c1-32(2)9-10-33-15-29-31-24(33)20-13-18(7-8-28-20)38-23-6-4-17(12-19(23)26)34(25(27)37)30-14-16-3-5-21(35)22(36)11-16/h3-8,11-15,35-36H,9-10H2,1-2H3,(H2,27,37)/b30-14+. The summed E-state index contributed by atoms with van der Waals surface area (Å²) >= 11 is 0. The van der Waals surface area contributed by atoms with E-state index in [0.29, 0.717) is 29.4 Å². The molecule has 196 valence electrons. The summed E-state index contributed by atoms with van der Waals surface area (Å²) in [4.78, 5) is 18.3. The molecule has 0 saturated heterocycles. The van der Waals surface area contributed by atoms with Crippen molar-refractivity contribution in [3.63, 3.8) is 0 Å². The van der Waals surface area contributed by atoms with E-state index in [-0.39, 0.29) is 22.9 Å². The van der Waals surface area contributed by atoms with E-state index in [9.17, 15) is 19.4 Å². The Kier molecular flexibility index (Phi) is 7.77. The number of hydrazone groups is 1. The minimum atomic E-state index is -0.963. The van der Waals surface area contributed by atoms with Crippen LogP contribution in [0.5, 0.6) is 23.0 Å². The molecule has 2 aromatic heterocycles. The molecule has 0 spiro atoms. The van der Waals surface area contributed by atoms with Gasteiger partial charge >= 0.3 is 6.03 Å². The van der Waals surface area contributed by atoms with Gasteiger partial charge in [0.2, 0.25) is 0 Å². The molecule has 0 fully saturated rings. The number of benzene rings is 2. The SMILES string of the molecule is CN(C)CCn1cnnc1-c1cc(Oc2ccc(N(/N=C/c3ccc(O)c(O)c3)C(N)=O)cc2F)ccn1. The topological polar surface area (TPSA) is 155 Å². The van der Waals surface area contributed by atoms with Crippen molar-refractivity contribution in [2.75, 3.05) is 25.6 Å². The maximum atomic E-state index is 15.0. The lowest BCUT2D eigenvalue weighted by molar-refractivity contribution is 0.254. The van der Waals surface area contributed by atoms with E-state index in [1.165, 1.54) is 42.7 Å². The lowest BCUT2D eigenvalue weighted by Gasteiger charge is -2.16. The number of amides is 2. The molecule has 2 aromatic carbocycles. The Morgan fingerprint density at radius 2 is 1.97 bits per heavy atom. The van der Waals surface area contributed by atoms with Gasteiger partial charge in [0.25, 0.3) is 0 Å². The number of ether oxygens (including phenoxy) is 1. The highest BCUT2D eigenvalue weighted by Gasteiger charge is 2.16. The second kappa shape index (κ2) is 11.3. The fourth-order valence-electron chi connectivity index (χ4n) is 3.35. The first-order valence-corrected chi connectivity index (χ1v) is 11.3. The number of aromatic nitrogens is 4. The van der Waals surface area contributed by atoms with Crippen LogP contribution < -0.4 is 15.5 Å². The summed E-state index contributed by atoms with van der Waals surface area (Å²) in [6.07, 6.45) is 4.36. The Hall–Kier alpha value is -5.04. The van der Waals surface area contributed by atoms with Crippen molar-refractivity contribution in [1.82, 2.24) is 24.6 Å². The van der Waals surface area contributed by atoms with Gasteiger partial charge in [-0.15, -0.1) is 10.2 Å². The third-order valence-corrected chi connectivity index (χ3v) is 5.28. The summed E-state index contributed by atoms with van der Waals surface area (Å²) in [7, 11) is 3.93. The highest BCUT2D eigenvalue weighted by atomic mass is 19.1. The van der Waals surface area contributed by atoms with Crippen LogP contribution in [0, 0.1) is 5.82 Å². The third kappa shape index (κ3) is 6.20. The number of hydrogen-bond acceptors (Lipinski definition) is 9.